The SMILES string of the molecule is O=C(O)C1CCC(C(=O)N2CCOC3(CCCCCC3)C2)CC1. The monoisotopic (exact) mass is 323 g/mol. The lowest BCUT2D eigenvalue weighted by Crippen LogP contribution is -2.55. The minimum Gasteiger partial charge on any atom is -0.481 e. The number of carbonyl (C=O) groups excluding carboxylic acids is 1. The second kappa shape index (κ2) is 7.20. The Labute approximate surface area is 138 Å². The van der Waals surface area contributed by atoms with Gasteiger partial charge in [0.2, 0.25) is 5.91 Å². The Morgan fingerprint density at radius 3 is 2.17 bits per heavy atom. The van der Waals surface area contributed by atoms with E-state index in [1.54, 1.807) is 0 Å². The first-order chi connectivity index (χ1) is 11.1. The van der Waals surface area contributed by atoms with Crippen molar-refractivity contribution in [1.29, 1.82) is 0 Å². The van der Waals surface area contributed by atoms with Crippen molar-refractivity contribution in [3.05, 3.63) is 0 Å². The molecular weight excluding hydrogens is 294 g/mol. The lowest BCUT2D eigenvalue weighted by atomic mass is 9.81. The molecule has 1 spiro atoms. The largest absolute Gasteiger partial charge is 0.481 e. The standard InChI is InChI=1S/C18H29NO4/c20-16(14-5-7-15(8-6-14)17(21)22)19-11-12-23-18(13-19)9-3-1-2-4-10-18/h14-15H,1-13H2,(H,21,22). The number of morpholine rings is 1. The average molecular weight is 323 g/mol. The van der Waals surface area contributed by atoms with Gasteiger partial charge in [0.15, 0.2) is 0 Å². The van der Waals surface area contributed by atoms with Gasteiger partial charge in [-0.1, -0.05) is 25.7 Å². The molecule has 5 heteroatoms. The predicted molar refractivity (Wildman–Crippen MR) is 86.0 cm³/mol. The van der Waals surface area contributed by atoms with Crippen LogP contribution in [0, 0.1) is 11.8 Å². The summed E-state index contributed by atoms with van der Waals surface area (Å²) in [7, 11) is 0. The van der Waals surface area contributed by atoms with E-state index in [0.717, 1.165) is 32.2 Å². The number of rotatable bonds is 2. The molecule has 2 aliphatic carbocycles. The third-order valence-electron chi connectivity index (χ3n) is 6.00. The van der Waals surface area contributed by atoms with Gasteiger partial charge in [0.25, 0.3) is 0 Å². The summed E-state index contributed by atoms with van der Waals surface area (Å²) in [5, 5.41) is 9.09. The highest BCUT2D eigenvalue weighted by Gasteiger charge is 2.40. The van der Waals surface area contributed by atoms with Gasteiger partial charge in [-0.05, 0) is 38.5 Å². The Bertz CT molecular complexity index is 434. The minimum absolute atomic E-state index is 0.0199. The molecule has 0 aromatic carbocycles. The quantitative estimate of drug-likeness (QED) is 0.848. The van der Waals surface area contributed by atoms with Crippen LogP contribution in [0.4, 0.5) is 0 Å². The van der Waals surface area contributed by atoms with E-state index in [-0.39, 0.29) is 23.3 Å². The lowest BCUT2D eigenvalue weighted by molar-refractivity contribution is -0.158. The van der Waals surface area contributed by atoms with Crippen molar-refractivity contribution < 1.29 is 19.4 Å². The first-order valence-electron chi connectivity index (χ1n) is 9.25. The summed E-state index contributed by atoms with van der Waals surface area (Å²) >= 11 is 0. The highest BCUT2D eigenvalue weighted by Crippen LogP contribution is 2.35. The molecule has 1 saturated heterocycles. The maximum atomic E-state index is 12.9. The van der Waals surface area contributed by atoms with Crippen LogP contribution >= 0.6 is 0 Å². The zero-order valence-corrected chi connectivity index (χ0v) is 14.0. The first kappa shape index (κ1) is 16.7. The maximum Gasteiger partial charge on any atom is 0.306 e. The summed E-state index contributed by atoms with van der Waals surface area (Å²) in [6.07, 6.45) is 9.82. The summed E-state index contributed by atoms with van der Waals surface area (Å²) in [5.74, 6) is -0.705. The Balaban J connectivity index is 1.58. The van der Waals surface area contributed by atoms with E-state index in [9.17, 15) is 9.59 Å². The molecule has 1 N–H and O–H groups in total. The molecule has 0 aromatic rings. The topological polar surface area (TPSA) is 66.8 Å². The van der Waals surface area contributed by atoms with Gasteiger partial charge in [-0.2, -0.15) is 0 Å². The van der Waals surface area contributed by atoms with Crippen molar-refractivity contribution in [2.45, 2.75) is 69.8 Å². The summed E-state index contributed by atoms with van der Waals surface area (Å²) in [5.41, 5.74) is -0.108. The Kier molecular flexibility index (Phi) is 5.24. The van der Waals surface area contributed by atoms with Crippen molar-refractivity contribution in [2.24, 2.45) is 11.8 Å². The molecule has 3 aliphatic rings. The van der Waals surface area contributed by atoms with Crippen molar-refractivity contribution in [3.8, 4) is 0 Å². The highest BCUT2D eigenvalue weighted by molar-refractivity contribution is 5.79. The fourth-order valence-corrected chi connectivity index (χ4v) is 4.55. The zero-order chi connectivity index (χ0) is 16.3. The smallest absolute Gasteiger partial charge is 0.306 e. The molecular formula is C18H29NO4. The molecule has 5 nitrogen and oxygen atoms in total. The van der Waals surface area contributed by atoms with Crippen LogP contribution in [0.1, 0.15) is 64.2 Å². The van der Waals surface area contributed by atoms with E-state index in [2.05, 4.69) is 0 Å². The Morgan fingerprint density at radius 2 is 1.57 bits per heavy atom. The summed E-state index contributed by atoms with van der Waals surface area (Å²) in [4.78, 5) is 25.9. The average Bonchev–Trinajstić information content (AvgIpc) is 2.80. The molecule has 0 aromatic heterocycles. The molecule has 3 rings (SSSR count). The summed E-state index contributed by atoms with van der Waals surface area (Å²) in [6, 6.07) is 0. The molecule has 0 radical (unpaired) electrons. The number of hydrogen-bond donors (Lipinski definition) is 1. The van der Waals surface area contributed by atoms with E-state index >= 15 is 0 Å². The molecule has 1 heterocycles. The van der Waals surface area contributed by atoms with Crippen LogP contribution in [0.3, 0.4) is 0 Å². The van der Waals surface area contributed by atoms with Crippen molar-refractivity contribution >= 4 is 11.9 Å². The number of carboxylic acid groups (broad SMARTS) is 1. The normalized spacial score (nSPS) is 31.6. The predicted octanol–water partition coefficient (Wildman–Crippen LogP) is 2.83. The molecule has 0 bridgehead atoms. The van der Waals surface area contributed by atoms with Crippen LogP contribution in [0.15, 0.2) is 0 Å². The van der Waals surface area contributed by atoms with Crippen molar-refractivity contribution in [3.63, 3.8) is 0 Å². The van der Waals surface area contributed by atoms with Crippen LogP contribution in [-0.4, -0.2) is 47.2 Å². The van der Waals surface area contributed by atoms with Crippen LogP contribution in [0.5, 0.6) is 0 Å². The second-order valence-electron chi connectivity index (χ2n) is 7.59. The number of hydrogen-bond acceptors (Lipinski definition) is 3. The van der Waals surface area contributed by atoms with Crippen molar-refractivity contribution in [2.75, 3.05) is 19.7 Å². The fourth-order valence-electron chi connectivity index (χ4n) is 4.55. The van der Waals surface area contributed by atoms with E-state index in [1.165, 1.54) is 25.7 Å². The van der Waals surface area contributed by atoms with Gasteiger partial charge < -0.3 is 14.7 Å². The van der Waals surface area contributed by atoms with Gasteiger partial charge in [0, 0.05) is 19.0 Å². The molecule has 3 fully saturated rings. The molecule has 1 aliphatic heterocycles. The number of amides is 1. The molecule has 1 amide bonds. The van der Waals surface area contributed by atoms with Gasteiger partial charge in [0.1, 0.15) is 0 Å². The van der Waals surface area contributed by atoms with Crippen molar-refractivity contribution in [1.82, 2.24) is 4.90 Å². The third kappa shape index (κ3) is 3.87. The number of carboxylic acids is 1. The molecule has 130 valence electrons. The van der Waals surface area contributed by atoms with Gasteiger partial charge >= 0.3 is 5.97 Å². The molecule has 0 atom stereocenters. The highest BCUT2D eigenvalue weighted by atomic mass is 16.5. The van der Waals surface area contributed by atoms with Gasteiger partial charge in [-0.25, -0.2) is 0 Å². The molecule has 2 saturated carbocycles. The first-order valence-corrected chi connectivity index (χ1v) is 9.25. The van der Waals surface area contributed by atoms with E-state index in [4.69, 9.17) is 9.84 Å². The number of ether oxygens (including phenoxy) is 1. The molecule has 23 heavy (non-hydrogen) atoms. The number of carbonyl (C=O) groups is 2. The number of aliphatic carboxylic acids is 1. The van der Waals surface area contributed by atoms with Gasteiger partial charge in [0.05, 0.1) is 18.1 Å². The van der Waals surface area contributed by atoms with E-state index in [1.807, 2.05) is 4.90 Å². The summed E-state index contributed by atoms with van der Waals surface area (Å²) < 4.78 is 6.13. The number of nitrogens with zero attached hydrogens (tertiary/aromatic N) is 1. The lowest BCUT2D eigenvalue weighted by Gasteiger charge is -2.44. The van der Waals surface area contributed by atoms with Crippen LogP contribution in [0.25, 0.3) is 0 Å². The molecule has 0 unspecified atom stereocenters. The summed E-state index contributed by atoms with van der Waals surface area (Å²) in [6.45, 7) is 2.08. The minimum atomic E-state index is -0.709. The van der Waals surface area contributed by atoms with Gasteiger partial charge in [-0.3, -0.25) is 9.59 Å². The Morgan fingerprint density at radius 1 is 0.957 bits per heavy atom. The van der Waals surface area contributed by atoms with Gasteiger partial charge in [-0.15, -0.1) is 0 Å². The maximum absolute atomic E-state index is 12.9. The van der Waals surface area contributed by atoms with Crippen LogP contribution in [0.2, 0.25) is 0 Å². The second-order valence-corrected chi connectivity index (χ2v) is 7.59. The van der Waals surface area contributed by atoms with Crippen LogP contribution in [-0.2, 0) is 14.3 Å². The van der Waals surface area contributed by atoms with E-state index in [0.29, 0.717) is 26.0 Å². The fraction of sp³-hybridized carbons (Fsp3) is 0.889. The Hall–Kier alpha value is -1.10. The third-order valence-corrected chi connectivity index (χ3v) is 6.00. The zero-order valence-electron chi connectivity index (χ0n) is 14.0. The van der Waals surface area contributed by atoms with E-state index < -0.39 is 5.97 Å². The van der Waals surface area contributed by atoms with Crippen LogP contribution < -0.4 is 0 Å².